The minimum Gasteiger partial charge on any atom is -0.489 e. The number of allylic oxidation sites excluding steroid dienone is 2. The van der Waals surface area contributed by atoms with Crippen LogP contribution in [0, 0.1) is 5.41 Å². The zero-order valence-corrected chi connectivity index (χ0v) is 16.5. The Bertz CT molecular complexity index is 692. The van der Waals surface area contributed by atoms with E-state index in [4.69, 9.17) is 9.47 Å². The second kappa shape index (κ2) is 9.45. The topological polar surface area (TPSA) is 18.5 Å². The third-order valence-electron chi connectivity index (χ3n) is 4.93. The molecule has 2 aromatic carbocycles. The van der Waals surface area contributed by atoms with Gasteiger partial charge in [-0.1, -0.05) is 74.5 Å². The molecule has 0 aromatic heterocycles. The summed E-state index contributed by atoms with van der Waals surface area (Å²) in [7, 11) is 0. The van der Waals surface area contributed by atoms with E-state index in [1.54, 1.807) is 0 Å². The molecule has 1 aliphatic heterocycles. The molecule has 2 aromatic rings. The highest BCUT2D eigenvalue weighted by molar-refractivity contribution is 5.25. The Hall–Kier alpha value is -2.48. The Balaban J connectivity index is 1.91. The van der Waals surface area contributed by atoms with E-state index in [9.17, 15) is 0 Å². The van der Waals surface area contributed by atoms with Crippen molar-refractivity contribution in [3.05, 3.63) is 95.5 Å². The average molecular weight is 363 g/mol. The summed E-state index contributed by atoms with van der Waals surface area (Å²) in [6.45, 7) is 5.57. The maximum atomic E-state index is 6.34. The van der Waals surface area contributed by atoms with Crippen LogP contribution >= 0.6 is 0 Å². The fraction of sp³-hybridized carbons (Fsp3) is 0.360. The zero-order chi connectivity index (χ0) is 19.0. The van der Waals surface area contributed by atoms with Gasteiger partial charge >= 0.3 is 0 Å². The first-order chi connectivity index (χ1) is 13.2. The lowest BCUT2D eigenvalue weighted by Gasteiger charge is -2.31. The molecule has 0 amide bonds. The highest BCUT2D eigenvalue weighted by Gasteiger charge is 2.36. The molecule has 1 heterocycles. The monoisotopic (exact) mass is 362 g/mol. The molecule has 0 saturated carbocycles. The van der Waals surface area contributed by atoms with Crippen LogP contribution in [0.4, 0.5) is 0 Å². The summed E-state index contributed by atoms with van der Waals surface area (Å²) >= 11 is 0. The van der Waals surface area contributed by atoms with Gasteiger partial charge in [-0.05, 0) is 49.0 Å². The molecule has 3 rings (SSSR count). The van der Waals surface area contributed by atoms with E-state index >= 15 is 0 Å². The van der Waals surface area contributed by atoms with Crippen LogP contribution < -0.4 is 0 Å². The summed E-state index contributed by atoms with van der Waals surface area (Å²) in [6, 6.07) is 21.3. The fourth-order valence-corrected chi connectivity index (χ4v) is 3.66. The van der Waals surface area contributed by atoms with Crippen molar-refractivity contribution < 1.29 is 9.47 Å². The molecule has 2 heteroatoms. The third kappa shape index (κ3) is 5.26. The Kier molecular flexibility index (Phi) is 6.75. The van der Waals surface area contributed by atoms with Gasteiger partial charge in [0.15, 0.2) is 11.5 Å². The highest BCUT2D eigenvalue weighted by atomic mass is 16.5. The molecule has 1 saturated heterocycles. The van der Waals surface area contributed by atoms with Crippen molar-refractivity contribution in [3.8, 4) is 0 Å². The fourth-order valence-electron chi connectivity index (χ4n) is 3.66. The number of rotatable bonds is 6. The molecule has 1 aliphatic rings. The van der Waals surface area contributed by atoms with Crippen molar-refractivity contribution in [2.24, 2.45) is 5.41 Å². The number of ether oxygens (including phenoxy) is 2. The quantitative estimate of drug-likeness (QED) is 0.619. The first kappa shape index (κ1) is 19.3. The van der Waals surface area contributed by atoms with Gasteiger partial charge in [-0.2, -0.15) is 0 Å². The number of hydrogen-bond donors (Lipinski definition) is 0. The molecule has 0 unspecified atom stereocenters. The van der Waals surface area contributed by atoms with E-state index in [2.05, 4.69) is 86.7 Å². The van der Waals surface area contributed by atoms with Crippen molar-refractivity contribution in [3.63, 3.8) is 0 Å². The Morgan fingerprint density at radius 1 is 0.704 bits per heavy atom. The van der Waals surface area contributed by atoms with Crippen LogP contribution in [0.2, 0.25) is 0 Å². The van der Waals surface area contributed by atoms with Crippen molar-refractivity contribution in [2.75, 3.05) is 13.2 Å². The third-order valence-corrected chi connectivity index (χ3v) is 4.93. The van der Waals surface area contributed by atoms with E-state index in [0.717, 1.165) is 37.2 Å². The summed E-state index contributed by atoms with van der Waals surface area (Å²) in [5.74, 6) is 1.78. The molecule has 0 atom stereocenters. The number of benzene rings is 2. The largest absolute Gasteiger partial charge is 0.489 e. The standard InChI is InChI=1S/C25H30O2/c1-3-11-23-24(12-4-2)27-20-25(19-26-23,17-21-13-7-5-8-14-21)18-22-15-9-6-10-16-22/h5-16H,3-4,17-20H2,1-2H3/b23-11-,24-12-. The molecule has 27 heavy (non-hydrogen) atoms. The van der Waals surface area contributed by atoms with Gasteiger partial charge < -0.3 is 9.47 Å². The lowest BCUT2D eigenvalue weighted by Crippen LogP contribution is -2.35. The predicted molar refractivity (Wildman–Crippen MR) is 111 cm³/mol. The lowest BCUT2D eigenvalue weighted by atomic mass is 9.78. The summed E-state index contributed by atoms with van der Waals surface area (Å²) in [4.78, 5) is 0. The van der Waals surface area contributed by atoms with E-state index in [-0.39, 0.29) is 5.41 Å². The second-order valence-electron chi connectivity index (χ2n) is 7.36. The maximum Gasteiger partial charge on any atom is 0.156 e. The Morgan fingerprint density at radius 3 is 1.48 bits per heavy atom. The van der Waals surface area contributed by atoms with E-state index in [0.29, 0.717) is 13.2 Å². The zero-order valence-electron chi connectivity index (χ0n) is 16.5. The predicted octanol–water partition coefficient (Wildman–Crippen LogP) is 6.09. The molecule has 142 valence electrons. The number of hydrogen-bond acceptors (Lipinski definition) is 2. The van der Waals surface area contributed by atoms with Crippen molar-refractivity contribution in [1.29, 1.82) is 0 Å². The van der Waals surface area contributed by atoms with Gasteiger partial charge in [0.25, 0.3) is 0 Å². The van der Waals surface area contributed by atoms with Crippen LogP contribution in [-0.2, 0) is 22.3 Å². The van der Waals surface area contributed by atoms with Gasteiger partial charge in [0.05, 0.1) is 13.2 Å². The highest BCUT2D eigenvalue weighted by Crippen LogP contribution is 2.35. The van der Waals surface area contributed by atoms with Gasteiger partial charge in [-0.3, -0.25) is 0 Å². The second-order valence-corrected chi connectivity index (χ2v) is 7.36. The Labute approximate surface area is 163 Å². The van der Waals surface area contributed by atoms with Crippen molar-refractivity contribution in [2.45, 2.75) is 39.5 Å². The molecule has 2 nitrogen and oxygen atoms in total. The van der Waals surface area contributed by atoms with Crippen LogP contribution in [0.3, 0.4) is 0 Å². The average Bonchev–Trinajstić information content (AvgIpc) is 2.85. The summed E-state index contributed by atoms with van der Waals surface area (Å²) in [5.41, 5.74) is 2.55. The van der Waals surface area contributed by atoms with Gasteiger partial charge in [0.2, 0.25) is 0 Å². The molecule has 0 radical (unpaired) electrons. The SMILES string of the molecule is CC/C=C1\OCC(Cc2ccccc2)(Cc2ccccc2)CO\C1=C/CC. The smallest absolute Gasteiger partial charge is 0.156 e. The normalized spacial score (nSPS) is 19.3. The van der Waals surface area contributed by atoms with E-state index < -0.39 is 0 Å². The van der Waals surface area contributed by atoms with Gasteiger partial charge in [-0.25, -0.2) is 0 Å². The summed E-state index contributed by atoms with van der Waals surface area (Å²) < 4.78 is 12.7. The van der Waals surface area contributed by atoms with E-state index in [1.807, 2.05) is 0 Å². The lowest BCUT2D eigenvalue weighted by molar-refractivity contribution is 0.0658. The van der Waals surface area contributed by atoms with E-state index in [1.165, 1.54) is 11.1 Å². The first-order valence-corrected chi connectivity index (χ1v) is 9.99. The van der Waals surface area contributed by atoms with Crippen LogP contribution in [0.5, 0.6) is 0 Å². The summed E-state index contributed by atoms with van der Waals surface area (Å²) in [5, 5.41) is 0. The van der Waals surface area contributed by atoms with Gasteiger partial charge in [0, 0.05) is 5.41 Å². The molecule has 0 spiro atoms. The van der Waals surface area contributed by atoms with Crippen LogP contribution in [-0.4, -0.2) is 13.2 Å². The first-order valence-electron chi connectivity index (χ1n) is 9.99. The Morgan fingerprint density at radius 2 is 1.11 bits per heavy atom. The minimum absolute atomic E-state index is 0.0983. The molecule has 0 N–H and O–H groups in total. The van der Waals surface area contributed by atoms with Crippen LogP contribution in [0.15, 0.2) is 84.3 Å². The van der Waals surface area contributed by atoms with Gasteiger partial charge in [-0.15, -0.1) is 0 Å². The minimum atomic E-state index is -0.0983. The molecular formula is C25H30O2. The van der Waals surface area contributed by atoms with Crippen molar-refractivity contribution >= 4 is 0 Å². The summed E-state index contributed by atoms with van der Waals surface area (Å²) in [6.07, 6.45) is 7.99. The van der Waals surface area contributed by atoms with Crippen LogP contribution in [0.25, 0.3) is 0 Å². The van der Waals surface area contributed by atoms with Gasteiger partial charge in [0.1, 0.15) is 0 Å². The van der Waals surface area contributed by atoms with Crippen LogP contribution in [0.1, 0.15) is 37.8 Å². The maximum absolute atomic E-state index is 6.34. The molecular weight excluding hydrogens is 332 g/mol. The van der Waals surface area contributed by atoms with Crippen molar-refractivity contribution in [1.82, 2.24) is 0 Å². The molecule has 1 fully saturated rings. The molecule has 0 bridgehead atoms. The molecule has 0 aliphatic carbocycles.